The summed E-state index contributed by atoms with van der Waals surface area (Å²) in [6, 6.07) is 2.11. The number of ether oxygens (including phenoxy) is 1. The fourth-order valence-corrected chi connectivity index (χ4v) is 2.54. The lowest BCUT2D eigenvalue weighted by atomic mass is 10.2. The number of carbonyl (C=O) groups excluding carboxylic acids is 1. The molecule has 1 unspecified atom stereocenters. The number of rotatable bonds is 2. The molecule has 5 heteroatoms. The van der Waals surface area contributed by atoms with Gasteiger partial charge < -0.3 is 9.64 Å². The lowest BCUT2D eigenvalue weighted by Crippen LogP contribution is -2.47. The standard InChI is InChI=1S/C13H21N3O2/c14-9-12-10-15(7-8-18-12)11-13(17)16-5-3-1-2-4-6-16/h12H,1-8,10-11H2. The highest BCUT2D eigenvalue weighted by molar-refractivity contribution is 5.78. The summed E-state index contributed by atoms with van der Waals surface area (Å²) < 4.78 is 5.28. The van der Waals surface area contributed by atoms with Crippen molar-refractivity contribution in [3.63, 3.8) is 0 Å². The van der Waals surface area contributed by atoms with E-state index in [-0.39, 0.29) is 12.0 Å². The zero-order chi connectivity index (χ0) is 12.8. The monoisotopic (exact) mass is 251 g/mol. The number of hydrogen-bond acceptors (Lipinski definition) is 4. The van der Waals surface area contributed by atoms with Gasteiger partial charge >= 0.3 is 0 Å². The van der Waals surface area contributed by atoms with Crippen LogP contribution in [0.5, 0.6) is 0 Å². The zero-order valence-electron chi connectivity index (χ0n) is 10.8. The highest BCUT2D eigenvalue weighted by Crippen LogP contribution is 2.11. The Kier molecular flexibility index (Phi) is 4.97. The third-order valence-electron chi connectivity index (χ3n) is 3.61. The Labute approximate surface area is 108 Å². The van der Waals surface area contributed by atoms with E-state index in [9.17, 15) is 4.79 Å². The Bertz CT molecular complexity index is 319. The Hall–Kier alpha value is -1.12. The smallest absolute Gasteiger partial charge is 0.236 e. The molecule has 0 N–H and O–H groups in total. The molecule has 0 aromatic carbocycles. The molecule has 1 atom stereocenters. The maximum absolute atomic E-state index is 12.2. The summed E-state index contributed by atoms with van der Waals surface area (Å²) in [5.74, 6) is 0.204. The molecular formula is C13H21N3O2. The van der Waals surface area contributed by atoms with Crippen molar-refractivity contribution in [3.05, 3.63) is 0 Å². The topological polar surface area (TPSA) is 56.6 Å². The molecular weight excluding hydrogens is 230 g/mol. The number of hydrogen-bond donors (Lipinski definition) is 0. The molecule has 0 aliphatic carbocycles. The van der Waals surface area contributed by atoms with Gasteiger partial charge in [-0.2, -0.15) is 5.26 Å². The third-order valence-corrected chi connectivity index (χ3v) is 3.61. The van der Waals surface area contributed by atoms with Gasteiger partial charge in [-0.3, -0.25) is 9.69 Å². The SMILES string of the molecule is N#CC1CN(CC(=O)N2CCCCCC2)CCO1. The highest BCUT2D eigenvalue weighted by Gasteiger charge is 2.24. The first kappa shape index (κ1) is 13.3. The van der Waals surface area contributed by atoms with Crippen LogP contribution in [0.25, 0.3) is 0 Å². The minimum atomic E-state index is -0.379. The second kappa shape index (κ2) is 6.72. The van der Waals surface area contributed by atoms with Crippen molar-refractivity contribution < 1.29 is 9.53 Å². The third kappa shape index (κ3) is 3.69. The van der Waals surface area contributed by atoms with E-state index in [0.29, 0.717) is 19.7 Å². The zero-order valence-corrected chi connectivity index (χ0v) is 10.8. The van der Waals surface area contributed by atoms with Gasteiger partial charge in [0.05, 0.1) is 19.2 Å². The first-order valence-corrected chi connectivity index (χ1v) is 6.81. The van der Waals surface area contributed by atoms with Gasteiger partial charge in [-0.15, -0.1) is 0 Å². The van der Waals surface area contributed by atoms with Crippen molar-refractivity contribution >= 4 is 5.91 Å². The molecule has 2 saturated heterocycles. The van der Waals surface area contributed by atoms with Gasteiger partial charge in [0.1, 0.15) is 0 Å². The molecule has 5 nitrogen and oxygen atoms in total. The van der Waals surface area contributed by atoms with E-state index in [4.69, 9.17) is 10.00 Å². The van der Waals surface area contributed by atoms with E-state index in [0.717, 1.165) is 32.5 Å². The summed E-state index contributed by atoms with van der Waals surface area (Å²) in [6.07, 6.45) is 4.33. The van der Waals surface area contributed by atoms with E-state index < -0.39 is 0 Å². The highest BCUT2D eigenvalue weighted by atomic mass is 16.5. The second-order valence-electron chi connectivity index (χ2n) is 5.02. The van der Waals surface area contributed by atoms with Gasteiger partial charge in [-0.1, -0.05) is 12.8 Å². The van der Waals surface area contributed by atoms with E-state index in [1.54, 1.807) is 0 Å². The lowest BCUT2D eigenvalue weighted by Gasteiger charge is -2.31. The van der Waals surface area contributed by atoms with Gasteiger partial charge in [0, 0.05) is 26.2 Å². The molecule has 2 rings (SSSR count). The van der Waals surface area contributed by atoms with E-state index in [1.807, 2.05) is 9.80 Å². The summed E-state index contributed by atoms with van der Waals surface area (Å²) in [5.41, 5.74) is 0. The largest absolute Gasteiger partial charge is 0.361 e. The molecule has 1 amide bonds. The minimum Gasteiger partial charge on any atom is -0.361 e. The van der Waals surface area contributed by atoms with E-state index >= 15 is 0 Å². The Morgan fingerprint density at radius 2 is 1.94 bits per heavy atom. The molecule has 0 aromatic heterocycles. The van der Waals surface area contributed by atoms with Gasteiger partial charge in [-0.25, -0.2) is 0 Å². The van der Waals surface area contributed by atoms with Crippen LogP contribution in [0.15, 0.2) is 0 Å². The average Bonchev–Trinajstić information content (AvgIpc) is 2.68. The van der Waals surface area contributed by atoms with Crippen LogP contribution in [-0.4, -0.2) is 61.1 Å². The van der Waals surface area contributed by atoms with Crippen LogP contribution >= 0.6 is 0 Å². The molecule has 0 aromatic rings. The summed E-state index contributed by atoms with van der Waals surface area (Å²) in [6.45, 7) is 4.07. The van der Waals surface area contributed by atoms with Crippen LogP contribution in [0.4, 0.5) is 0 Å². The average molecular weight is 251 g/mol. The van der Waals surface area contributed by atoms with Crippen LogP contribution in [0.2, 0.25) is 0 Å². The maximum Gasteiger partial charge on any atom is 0.236 e. The molecule has 0 spiro atoms. The fourth-order valence-electron chi connectivity index (χ4n) is 2.54. The predicted molar refractivity (Wildman–Crippen MR) is 66.8 cm³/mol. The molecule has 18 heavy (non-hydrogen) atoms. The van der Waals surface area contributed by atoms with E-state index in [1.165, 1.54) is 12.8 Å². The molecule has 2 aliphatic heterocycles. The van der Waals surface area contributed by atoms with Crippen LogP contribution in [0.1, 0.15) is 25.7 Å². The molecule has 0 radical (unpaired) electrons. The quantitative estimate of drug-likeness (QED) is 0.721. The van der Waals surface area contributed by atoms with Crippen molar-refractivity contribution in [1.82, 2.24) is 9.80 Å². The molecule has 2 heterocycles. The van der Waals surface area contributed by atoms with Crippen LogP contribution in [0.3, 0.4) is 0 Å². The number of carbonyl (C=O) groups is 1. The predicted octanol–water partition coefficient (Wildman–Crippen LogP) is 0.613. The molecule has 0 bridgehead atoms. The Balaban J connectivity index is 1.80. The van der Waals surface area contributed by atoms with Crippen molar-refractivity contribution in [1.29, 1.82) is 5.26 Å². The first-order chi connectivity index (χ1) is 8.79. The van der Waals surface area contributed by atoms with Crippen molar-refractivity contribution in [2.75, 3.05) is 39.3 Å². The van der Waals surface area contributed by atoms with Crippen LogP contribution < -0.4 is 0 Å². The molecule has 2 aliphatic rings. The Morgan fingerprint density at radius 3 is 2.61 bits per heavy atom. The molecule has 2 fully saturated rings. The summed E-state index contributed by atoms with van der Waals surface area (Å²) in [5, 5.41) is 8.83. The number of morpholine rings is 1. The van der Waals surface area contributed by atoms with Crippen molar-refractivity contribution in [3.8, 4) is 6.07 Å². The maximum atomic E-state index is 12.2. The van der Waals surface area contributed by atoms with Crippen LogP contribution in [-0.2, 0) is 9.53 Å². The summed E-state index contributed by atoms with van der Waals surface area (Å²) in [7, 11) is 0. The molecule has 100 valence electrons. The normalized spacial score (nSPS) is 26.4. The fraction of sp³-hybridized carbons (Fsp3) is 0.846. The second-order valence-corrected chi connectivity index (χ2v) is 5.02. The van der Waals surface area contributed by atoms with Gasteiger partial charge in [0.25, 0.3) is 0 Å². The van der Waals surface area contributed by atoms with Crippen molar-refractivity contribution in [2.45, 2.75) is 31.8 Å². The Morgan fingerprint density at radius 1 is 1.22 bits per heavy atom. The van der Waals surface area contributed by atoms with Crippen LogP contribution in [0, 0.1) is 11.3 Å². The minimum absolute atomic E-state index is 0.204. The number of nitriles is 1. The number of nitrogens with zero attached hydrogens (tertiary/aromatic N) is 3. The molecule has 0 saturated carbocycles. The summed E-state index contributed by atoms with van der Waals surface area (Å²) in [4.78, 5) is 16.2. The number of likely N-dealkylation sites (tertiary alicyclic amines) is 1. The summed E-state index contributed by atoms with van der Waals surface area (Å²) >= 11 is 0. The lowest BCUT2D eigenvalue weighted by molar-refractivity contribution is -0.133. The van der Waals surface area contributed by atoms with Gasteiger partial charge in [0.15, 0.2) is 6.10 Å². The van der Waals surface area contributed by atoms with E-state index in [2.05, 4.69) is 6.07 Å². The number of amides is 1. The van der Waals surface area contributed by atoms with Crippen molar-refractivity contribution in [2.24, 2.45) is 0 Å². The first-order valence-electron chi connectivity index (χ1n) is 6.81. The van der Waals surface area contributed by atoms with Gasteiger partial charge in [0.2, 0.25) is 5.91 Å². The van der Waals surface area contributed by atoms with Gasteiger partial charge in [-0.05, 0) is 12.8 Å².